The van der Waals surface area contributed by atoms with E-state index >= 15 is 0 Å². The summed E-state index contributed by atoms with van der Waals surface area (Å²) in [6, 6.07) is 8.13. The number of carbonyl (C=O) groups is 1. The molecule has 0 bridgehead atoms. The van der Waals surface area contributed by atoms with E-state index in [1.165, 1.54) is 0 Å². The van der Waals surface area contributed by atoms with Crippen molar-refractivity contribution in [1.29, 1.82) is 0 Å². The van der Waals surface area contributed by atoms with Crippen LogP contribution in [0.15, 0.2) is 24.3 Å². The Kier molecular flexibility index (Phi) is 6.99. The smallest absolute Gasteiger partial charge is 0.263 e. The van der Waals surface area contributed by atoms with Crippen LogP contribution in [0.4, 0.5) is 0 Å². The fourth-order valence-corrected chi connectivity index (χ4v) is 2.60. The van der Waals surface area contributed by atoms with E-state index in [2.05, 4.69) is 5.32 Å². The van der Waals surface area contributed by atoms with Crippen LogP contribution in [0.5, 0.6) is 5.75 Å². The van der Waals surface area contributed by atoms with E-state index < -0.39 is 6.10 Å². The first kappa shape index (κ1) is 17.8. The van der Waals surface area contributed by atoms with Gasteiger partial charge in [-0.3, -0.25) is 4.79 Å². The molecule has 1 amide bonds. The summed E-state index contributed by atoms with van der Waals surface area (Å²) >= 11 is 0. The fraction of sp³-hybridized carbons (Fsp3) is 0.562. The van der Waals surface area contributed by atoms with E-state index in [1.54, 1.807) is 0 Å². The lowest BCUT2D eigenvalue weighted by Gasteiger charge is -2.33. The molecule has 5 heteroatoms. The normalized spacial score (nSPS) is 16.7. The van der Waals surface area contributed by atoms with Crippen molar-refractivity contribution >= 4 is 18.3 Å². The minimum absolute atomic E-state index is 0. The Morgan fingerprint density at radius 1 is 1.38 bits per heavy atom. The molecule has 0 aromatic heterocycles. The molecule has 4 nitrogen and oxygen atoms in total. The van der Waals surface area contributed by atoms with Crippen molar-refractivity contribution < 1.29 is 9.53 Å². The summed E-state index contributed by atoms with van der Waals surface area (Å²) in [7, 11) is 1.88. The Morgan fingerprint density at radius 3 is 2.67 bits per heavy atom. The van der Waals surface area contributed by atoms with E-state index in [9.17, 15) is 4.79 Å². The van der Waals surface area contributed by atoms with E-state index in [1.807, 2.05) is 50.1 Å². The highest BCUT2D eigenvalue weighted by Gasteiger charge is 2.26. The van der Waals surface area contributed by atoms with Gasteiger partial charge in [0.1, 0.15) is 5.75 Å². The highest BCUT2D eigenvalue weighted by Crippen LogP contribution is 2.17. The molecule has 1 aliphatic heterocycles. The second-order valence-corrected chi connectivity index (χ2v) is 5.51. The van der Waals surface area contributed by atoms with Gasteiger partial charge in [0, 0.05) is 13.1 Å². The Hall–Kier alpha value is -1.26. The third-order valence-electron chi connectivity index (χ3n) is 3.85. The summed E-state index contributed by atoms with van der Waals surface area (Å²) in [5, 5.41) is 3.31. The summed E-state index contributed by atoms with van der Waals surface area (Å²) in [6.45, 7) is 5.80. The zero-order chi connectivity index (χ0) is 14.5. The molecule has 0 radical (unpaired) electrons. The number of ether oxygens (including phenoxy) is 1. The number of aryl methyl sites for hydroxylation is 1. The number of carbonyl (C=O) groups excluding carboxylic acids is 1. The Morgan fingerprint density at radius 2 is 2.05 bits per heavy atom. The molecule has 1 aliphatic rings. The van der Waals surface area contributed by atoms with Crippen LogP contribution in [0.2, 0.25) is 0 Å². The first-order valence-corrected chi connectivity index (χ1v) is 7.28. The minimum atomic E-state index is -0.448. The average Bonchev–Trinajstić information content (AvgIpc) is 2.46. The molecule has 1 unspecified atom stereocenters. The lowest BCUT2D eigenvalue weighted by molar-refractivity contribution is -0.139. The van der Waals surface area contributed by atoms with E-state index in [0.717, 1.165) is 37.2 Å². The van der Waals surface area contributed by atoms with Gasteiger partial charge >= 0.3 is 0 Å². The van der Waals surface area contributed by atoms with Crippen molar-refractivity contribution in [2.45, 2.75) is 38.8 Å². The number of hydrogen-bond acceptors (Lipinski definition) is 3. The number of hydrogen-bond donors (Lipinski definition) is 1. The second-order valence-electron chi connectivity index (χ2n) is 5.51. The standard InChI is InChI=1S/C16H24N2O2.ClH/c1-12-5-4-6-15(11-12)20-13(2)16(19)18(3)14-7-9-17-10-8-14;/h4-6,11,13-14,17H,7-10H2,1-3H3;1H. The highest BCUT2D eigenvalue weighted by molar-refractivity contribution is 5.85. The molecule has 1 aromatic rings. The van der Waals surface area contributed by atoms with Gasteiger partial charge in [-0.15, -0.1) is 12.4 Å². The SMILES string of the molecule is Cc1cccc(OC(C)C(=O)N(C)C2CCNCC2)c1.Cl. The van der Waals surface area contributed by atoms with Crippen LogP contribution in [0, 0.1) is 6.92 Å². The van der Waals surface area contributed by atoms with Crippen LogP contribution in [0.3, 0.4) is 0 Å². The summed E-state index contributed by atoms with van der Waals surface area (Å²) in [6.07, 6.45) is 1.58. The topological polar surface area (TPSA) is 41.6 Å². The second kappa shape index (κ2) is 8.25. The van der Waals surface area contributed by atoms with Crippen LogP contribution in [0.25, 0.3) is 0 Å². The van der Waals surface area contributed by atoms with Crippen molar-refractivity contribution in [3.05, 3.63) is 29.8 Å². The van der Waals surface area contributed by atoms with Crippen molar-refractivity contribution in [1.82, 2.24) is 10.2 Å². The van der Waals surface area contributed by atoms with Gasteiger partial charge in [0.2, 0.25) is 0 Å². The summed E-state index contributed by atoms with van der Waals surface area (Å²) in [5.74, 6) is 0.808. The molecule has 0 saturated carbocycles. The molecule has 1 fully saturated rings. The third kappa shape index (κ3) is 4.90. The van der Waals surface area contributed by atoms with E-state index in [4.69, 9.17) is 4.74 Å². The number of halogens is 1. The molecule has 0 spiro atoms. The molecule has 1 N–H and O–H groups in total. The van der Waals surface area contributed by atoms with E-state index in [-0.39, 0.29) is 18.3 Å². The molecule has 1 aromatic carbocycles. The predicted octanol–water partition coefficient (Wildman–Crippen LogP) is 2.39. The largest absolute Gasteiger partial charge is 0.481 e. The van der Waals surface area contributed by atoms with Gasteiger partial charge < -0.3 is 15.0 Å². The number of likely N-dealkylation sites (N-methyl/N-ethyl adjacent to an activating group) is 1. The van der Waals surface area contributed by atoms with E-state index in [0.29, 0.717) is 6.04 Å². The maximum Gasteiger partial charge on any atom is 0.263 e. The monoisotopic (exact) mass is 312 g/mol. The molecule has 1 saturated heterocycles. The molecular weight excluding hydrogens is 288 g/mol. The Bertz CT molecular complexity index is 461. The van der Waals surface area contributed by atoms with Gasteiger partial charge in [0.25, 0.3) is 5.91 Å². The number of piperidine rings is 1. The summed E-state index contributed by atoms with van der Waals surface area (Å²) < 4.78 is 5.76. The number of nitrogens with zero attached hydrogens (tertiary/aromatic N) is 1. The lowest BCUT2D eigenvalue weighted by atomic mass is 10.0. The summed E-state index contributed by atoms with van der Waals surface area (Å²) in [4.78, 5) is 14.3. The maximum absolute atomic E-state index is 12.4. The van der Waals surface area contributed by atoms with Gasteiger partial charge in [-0.1, -0.05) is 12.1 Å². The van der Waals surface area contributed by atoms with Crippen molar-refractivity contribution in [3.63, 3.8) is 0 Å². The summed E-state index contributed by atoms with van der Waals surface area (Å²) in [5.41, 5.74) is 1.13. The van der Waals surface area contributed by atoms with Gasteiger partial charge in [0.05, 0.1) is 0 Å². The maximum atomic E-state index is 12.4. The van der Waals surface area contributed by atoms with Crippen LogP contribution in [-0.4, -0.2) is 43.1 Å². The third-order valence-corrected chi connectivity index (χ3v) is 3.85. The van der Waals surface area contributed by atoms with Gasteiger partial charge in [0.15, 0.2) is 6.10 Å². The first-order chi connectivity index (χ1) is 9.58. The van der Waals surface area contributed by atoms with Crippen LogP contribution in [-0.2, 0) is 4.79 Å². The molecule has 0 aliphatic carbocycles. The van der Waals surface area contributed by atoms with Crippen LogP contribution < -0.4 is 10.1 Å². The number of benzene rings is 1. The Labute approximate surface area is 133 Å². The van der Waals surface area contributed by atoms with Gasteiger partial charge in [-0.25, -0.2) is 0 Å². The molecular formula is C16H25ClN2O2. The van der Waals surface area contributed by atoms with Crippen molar-refractivity contribution in [2.24, 2.45) is 0 Å². The fourth-order valence-electron chi connectivity index (χ4n) is 2.60. The molecule has 21 heavy (non-hydrogen) atoms. The molecule has 118 valence electrons. The highest BCUT2D eigenvalue weighted by atomic mass is 35.5. The Balaban J connectivity index is 0.00000220. The van der Waals surface area contributed by atoms with Crippen LogP contribution >= 0.6 is 12.4 Å². The van der Waals surface area contributed by atoms with Gasteiger partial charge in [-0.05, 0) is 57.5 Å². The number of nitrogens with one attached hydrogen (secondary N) is 1. The number of rotatable bonds is 4. The van der Waals surface area contributed by atoms with Gasteiger partial charge in [-0.2, -0.15) is 0 Å². The number of amides is 1. The molecule has 1 atom stereocenters. The van der Waals surface area contributed by atoms with Crippen molar-refractivity contribution in [3.8, 4) is 5.75 Å². The lowest BCUT2D eigenvalue weighted by Crippen LogP contribution is -2.48. The average molecular weight is 313 g/mol. The van der Waals surface area contributed by atoms with Crippen molar-refractivity contribution in [2.75, 3.05) is 20.1 Å². The quantitative estimate of drug-likeness (QED) is 0.928. The first-order valence-electron chi connectivity index (χ1n) is 7.28. The predicted molar refractivity (Wildman–Crippen MR) is 87.2 cm³/mol. The minimum Gasteiger partial charge on any atom is -0.481 e. The zero-order valence-electron chi connectivity index (χ0n) is 13.0. The van der Waals surface area contributed by atoms with Crippen LogP contribution in [0.1, 0.15) is 25.3 Å². The molecule has 2 rings (SSSR count). The zero-order valence-corrected chi connectivity index (χ0v) is 13.8. The molecule has 1 heterocycles.